The minimum absolute atomic E-state index is 0.957. The van der Waals surface area contributed by atoms with E-state index in [1.54, 1.807) is 0 Å². The first-order valence-corrected chi connectivity index (χ1v) is 3.03. The van der Waals surface area contributed by atoms with Crippen molar-refractivity contribution in [2.24, 2.45) is 11.8 Å². The van der Waals surface area contributed by atoms with E-state index in [1.165, 1.54) is 12.8 Å². The zero-order chi connectivity index (χ0) is 4.69. The second-order valence-corrected chi connectivity index (χ2v) is 2.74. The first kappa shape index (κ1) is 3.90. The fourth-order valence-electron chi connectivity index (χ4n) is 1.55. The normalized spacial score (nSPS) is 48.0. The Kier molecular flexibility index (Phi) is 0.680. The molecule has 0 spiro atoms. The fourth-order valence-corrected chi connectivity index (χ4v) is 1.55. The van der Waals surface area contributed by atoms with Crippen LogP contribution in [0, 0.1) is 11.8 Å². The Bertz CT molecular complexity index is 60.7. The minimum Gasteiger partial charge on any atom is -0.381 e. The molecule has 0 aromatic carbocycles. The Morgan fingerprint density at radius 1 is 1.00 bits per heavy atom. The first-order valence-electron chi connectivity index (χ1n) is 3.03. The number of rotatable bonds is 0. The topological polar surface area (TPSA) is 9.23 Å². The van der Waals surface area contributed by atoms with Crippen LogP contribution < -0.4 is 0 Å². The third-order valence-electron chi connectivity index (χ3n) is 2.04. The molecule has 1 saturated carbocycles. The highest BCUT2D eigenvalue weighted by atomic mass is 16.5. The molecule has 0 aromatic rings. The standard InChI is InChI=1S/C6H10O/c1-5-2-6(1)4-7-3-5/h5-6H,1-4H2. The quantitative estimate of drug-likeness (QED) is 0.440. The molecule has 0 unspecified atom stereocenters. The summed E-state index contributed by atoms with van der Waals surface area (Å²) in [5.41, 5.74) is 0. The van der Waals surface area contributed by atoms with Gasteiger partial charge in [-0.25, -0.2) is 0 Å². The molecule has 7 heavy (non-hydrogen) atoms. The van der Waals surface area contributed by atoms with Gasteiger partial charge in [0, 0.05) is 13.2 Å². The average molecular weight is 98.1 g/mol. The summed E-state index contributed by atoms with van der Waals surface area (Å²) in [5.74, 6) is 1.91. The molecule has 3 rings (SSSR count). The van der Waals surface area contributed by atoms with Crippen LogP contribution in [0.4, 0.5) is 0 Å². The van der Waals surface area contributed by atoms with Gasteiger partial charge in [0.05, 0.1) is 0 Å². The van der Waals surface area contributed by atoms with Crippen LogP contribution in [-0.2, 0) is 4.74 Å². The summed E-state index contributed by atoms with van der Waals surface area (Å²) in [7, 11) is 0. The lowest BCUT2D eigenvalue weighted by molar-refractivity contribution is -0.0603. The van der Waals surface area contributed by atoms with Gasteiger partial charge in [-0.3, -0.25) is 0 Å². The van der Waals surface area contributed by atoms with Gasteiger partial charge in [0.1, 0.15) is 0 Å². The smallest absolute Gasteiger partial charge is 0.0494 e. The van der Waals surface area contributed by atoms with Crippen molar-refractivity contribution in [3.05, 3.63) is 0 Å². The van der Waals surface area contributed by atoms with Gasteiger partial charge in [-0.1, -0.05) is 0 Å². The maximum Gasteiger partial charge on any atom is 0.0494 e. The molecule has 3 fully saturated rings. The Labute approximate surface area is 43.7 Å². The third-order valence-corrected chi connectivity index (χ3v) is 2.04. The molecule has 0 N–H and O–H groups in total. The van der Waals surface area contributed by atoms with Crippen molar-refractivity contribution in [3.63, 3.8) is 0 Å². The zero-order valence-corrected chi connectivity index (χ0v) is 4.39. The van der Waals surface area contributed by atoms with E-state index in [1.807, 2.05) is 0 Å². The molecule has 2 saturated heterocycles. The Morgan fingerprint density at radius 2 is 1.57 bits per heavy atom. The second kappa shape index (κ2) is 1.22. The van der Waals surface area contributed by atoms with Crippen molar-refractivity contribution in [1.29, 1.82) is 0 Å². The van der Waals surface area contributed by atoms with E-state index in [2.05, 4.69) is 0 Å². The van der Waals surface area contributed by atoms with Crippen molar-refractivity contribution in [2.45, 2.75) is 12.8 Å². The molecular formula is C6H10O. The van der Waals surface area contributed by atoms with Crippen LogP contribution in [0.25, 0.3) is 0 Å². The maximum atomic E-state index is 5.23. The van der Waals surface area contributed by atoms with Crippen molar-refractivity contribution in [3.8, 4) is 0 Å². The van der Waals surface area contributed by atoms with Gasteiger partial charge < -0.3 is 4.74 Å². The molecule has 40 valence electrons. The molecule has 1 nitrogen and oxygen atoms in total. The number of hydrogen-bond donors (Lipinski definition) is 0. The van der Waals surface area contributed by atoms with Crippen molar-refractivity contribution in [1.82, 2.24) is 0 Å². The van der Waals surface area contributed by atoms with E-state index in [-0.39, 0.29) is 0 Å². The average Bonchev–Trinajstić information content (AvgIpc) is 1.67. The van der Waals surface area contributed by atoms with Crippen LogP contribution in [0.1, 0.15) is 12.8 Å². The molecule has 0 aromatic heterocycles. The van der Waals surface area contributed by atoms with E-state index in [0.717, 1.165) is 25.0 Å². The molecular weight excluding hydrogens is 88.1 g/mol. The second-order valence-electron chi connectivity index (χ2n) is 2.74. The van der Waals surface area contributed by atoms with Crippen molar-refractivity contribution < 1.29 is 4.74 Å². The van der Waals surface area contributed by atoms with Gasteiger partial charge >= 0.3 is 0 Å². The summed E-state index contributed by atoms with van der Waals surface area (Å²) in [6, 6.07) is 0. The van der Waals surface area contributed by atoms with Crippen molar-refractivity contribution >= 4 is 0 Å². The molecule has 2 bridgehead atoms. The van der Waals surface area contributed by atoms with Gasteiger partial charge in [0.25, 0.3) is 0 Å². The van der Waals surface area contributed by atoms with Crippen LogP contribution in [-0.4, -0.2) is 13.2 Å². The first-order chi connectivity index (χ1) is 3.45. The molecule has 1 aliphatic carbocycles. The molecule has 2 heterocycles. The molecule has 1 heteroatoms. The predicted octanol–water partition coefficient (Wildman–Crippen LogP) is 1.04. The van der Waals surface area contributed by atoms with Crippen LogP contribution in [0.2, 0.25) is 0 Å². The van der Waals surface area contributed by atoms with Crippen LogP contribution in [0.3, 0.4) is 0 Å². The summed E-state index contributed by atoms with van der Waals surface area (Å²) in [4.78, 5) is 0. The molecule has 0 atom stereocenters. The van der Waals surface area contributed by atoms with Crippen LogP contribution >= 0.6 is 0 Å². The van der Waals surface area contributed by atoms with E-state index in [9.17, 15) is 0 Å². The Morgan fingerprint density at radius 3 is 1.71 bits per heavy atom. The number of ether oxygens (including phenoxy) is 1. The fraction of sp³-hybridized carbons (Fsp3) is 1.00. The van der Waals surface area contributed by atoms with E-state index in [4.69, 9.17) is 4.74 Å². The zero-order valence-electron chi connectivity index (χ0n) is 4.39. The summed E-state index contributed by atoms with van der Waals surface area (Å²) in [6.07, 6.45) is 2.92. The van der Waals surface area contributed by atoms with Gasteiger partial charge in [-0.15, -0.1) is 0 Å². The van der Waals surface area contributed by atoms with E-state index in [0.29, 0.717) is 0 Å². The number of hydrogen-bond acceptors (Lipinski definition) is 1. The largest absolute Gasteiger partial charge is 0.381 e. The lowest BCUT2D eigenvalue weighted by Crippen LogP contribution is -2.37. The maximum absolute atomic E-state index is 5.23. The van der Waals surface area contributed by atoms with Crippen molar-refractivity contribution in [2.75, 3.05) is 13.2 Å². The summed E-state index contributed by atoms with van der Waals surface area (Å²) in [5, 5.41) is 0. The highest BCUT2D eigenvalue weighted by Crippen LogP contribution is 2.37. The molecule has 0 amide bonds. The van der Waals surface area contributed by atoms with E-state index >= 15 is 0 Å². The third kappa shape index (κ3) is 0.480. The van der Waals surface area contributed by atoms with Gasteiger partial charge in [-0.05, 0) is 24.7 Å². The molecule has 3 aliphatic rings. The highest BCUT2D eigenvalue weighted by Gasteiger charge is 2.33. The van der Waals surface area contributed by atoms with Crippen LogP contribution in [0.15, 0.2) is 0 Å². The van der Waals surface area contributed by atoms with Crippen LogP contribution in [0.5, 0.6) is 0 Å². The monoisotopic (exact) mass is 98.1 g/mol. The SMILES string of the molecule is C1OCC2CC1C2. The predicted molar refractivity (Wildman–Crippen MR) is 27.0 cm³/mol. The lowest BCUT2D eigenvalue weighted by atomic mass is 9.74. The van der Waals surface area contributed by atoms with E-state index < -0.39 is 0 Å². The number of fused-ring (bicyclic) bond motifs is 2. The summed E-state index contributed by atoms with van der Waals surface area (Å²) < 4.78 is 5.23. The molecule has 0 radical (unpaired) electrons. The molecule has 2 aliphatic heterocycles. The minimum atomic E-state index is 0.957. The van der Waals surface area contributed by atoms with Gasteiger partial charge in [0.15, 0.2) is 0 Å². The highest BCUT2D eigenvalue weighted by molar-refractivity contribution is 4.82. The van der Waals surface area contributed by atoms with Gasteiger partial charge in [0.2, 0.25) is 0 Å². The lowest BCUT2D eigenvalue weighted by Gasteiger charge is -2.40. The Hall–Kier alpha value is -0.0400. The Balaban J connectivity index is 1.99. The van der Waals surface area contributed by atoms with Gasteiger partial charge in [-0.2, -0.15) is 0 Å². The summed E-state index contributed by atoms with van der Waals surface area (Å²) in [6.45, 7) is 2.10. The summed E-state index contributed by atoms with van der Waals surface area (Å²) >= 11 is 0.